The summed E-state index contributed by atoms with van der Waals surface area (Å²) in [6.45, 7) is 4.78. The number of nitrogens with zero attached hydrogens (tertiary/aromatic N) is 2. The Morgan fingerprint density at radius 2 is 1.92 bits per heavy atom. The Morgan fingerprint density at radius 1 is 1.21 bits per heavy atom. The summed E-state index contributed by atoms with van der Waals surface area (Å²) >= 11 is 5.82. The minimum absolute atomic E-state index is 0.0621. The van der Waals surface area contributed by atoms with Crippen LogP contribution < -0.4 is 10.6 Å². The zero-order chi connectivity index (χ0) is 17.5. The molecule has 0 saturated carbocycles. The molecule has 0 aliphatic rings. The molecule has 0 unspecified atom stereocenters. The van der Waals surface area contributed by atoms with E-state index in [9.17, 15) is 9.59 Å². The molecule has 2 rings (SSSR count). The quantitative estimate of drug-likeness (QED) is 0.803. The smallest absolute Gasteiger partial charge is 0.269 e. The number of aryl methyl sites for hydroxylation is 2. The highest BCUT2D eigenvalue weighted by molar-refractivity contribution is 6.30. The van der Waals surface area contributed by atoms with Gasteiger partial charge in [-0.15, -0.1) is 0 Å². The first kappa shape index (κ1) is 18.0. The second-order valence-corrected chi connectivity index (χ2v) is 5.83. The fraction of sp³-hybridized carbons (Fsp3) is 0.353. The maximum atomic E-state index is 12.1. The van der Waals surface area contributed by atoms with Crippen LogP contribution in [0.4, 0.5) is 0 Å². The number of hydrogen-bond acceptors (Lipinski definition) is 3. The molecule has 6 nitrogen and oxygen atoms in total. The van der Waals surface area contributed by atoms with Crippen LogP contribution in [0.5, 0.6) is 0 Å². The van der Waals surface area contributed by atoms with Crippen LogP contribution in [0, 0.1) is 6.92 Å². The third kappa shape index (κ3) is 5.09. The van der Waals surface area contributed by atoms with E-state index in [2.05, 4.69) is 15.7 Å². The van der Waals surface area contributed by atoms with Gasteiger partial charge in [-0.2, -0.15) is 5.10 Å². The lowest BCUT2D eigenvalue weighted by Gasteiger charge is -2.08. The molecule has 0 bridgehead atoms. The van der Waals surface area contributed by atoms with Crippen LogP contribution >= 0.6 is 11.6 Å². The molecule has 0 aliphatic carbocycles. The number of halogens is 1. The molecule has 2 aromatic rings. The van der Waals surface area contributed by atoms with Crippen molar-refractivity contribution in [3.05, 3.63) is 52.3 Å². The van der Waals surface area contributed by atoms with Crippen LogP contribution in [-0.4, -0.2) is 34.7 Å². The zero-order valence-corrected chi connectivity index (χ0v) is 14.6. The highest BCUT2D eigenvalue weighted by atomic mass is 35.5. The molecule has 2 amide bonds. The van der Waals surface area contributed by atoms with Gasteiger partial charge in [0.05, 0.1) is 12.2 Å². The molecule has 7 heteroatoms. The largest absolute Gasteiger partial charge is 0.354 e. The first-order valence-corrected chi connectivity index (χ1v) is 8.21. The number of rotatable bonds is 7. The lowest BCUT2D eigenvalue weighted by molar-refractivity contribution is -0.120. The van der Waals surface area contributed by atoms with E-state index in [1.54, 1.807) is 10.7 Å². The SMILES string of the molecule is CCn1nc(C)cc1C(=O)NCC(=O)NCCc1ccc(Cl)cc1. The van der Waals surface area contributed by atoms with E-state index >= 15 is 0 Å². The number of carbonyl (C=O) groups is 2. The van der Waals surface area contributed by atoms with Crippen molar-refractivity contribution in [2.45, 2.75) is 26.8 Å². The fourth-order valence-electron chi connectivity index (χ4n) is 2.28. The highest BCUT2D eigenvalue weighted by Gasteiger charge is 2.13. The van der Waals surface area contributed by atoms with E-state index in [1.165, 1.54) is 0 Å². The molecule has 0 aliphatic heterocycles. The monoisotopic (exact) mass is 348 g/mol. The predicted octanol–water partition coefficient (Wildman–Crippen LogP) is 1.95. The fourth-order valence-corrected chi connectivity index (χ4v) is 2.41. The maximum Gasteiger partial charge on any atom is 0.269 e. The molecular weight excluding hydrogens is 328 g/mol. The van der Waals surface area contributed by atoms with Gasteiger partial charge in [0.15, 0.2) is 0 Å². The van der Waals surface area contributed by atoms with E-state index in [0.717, 1.165) is 11.3 Å². The molecule has 1 aromatic carbocycles. The summed E-state index contributed by atoms with van der Waals surface area (Å²) < 4.78 is 1.61. The van der Waals surface area contributed by atoms with Gasteiger partial charge >= 0.3 is 0 Å². The van der Waals surface area contributed by atoms with Crippen LogP contribution in [0.2, 0.25) is 5.02 Å². The molecule has 0 spiro atoms. The van der Waals surface area contributed by atoms with Crippen molar-refractivity contribution in [1.29, 1.82) is 0 Å². The van der Waals surface area contributed by atoms with Crippen molar-refractivity contribution in [2.75, 3.05) is 13.1 Å². The van der Waals surface area contributed by atoms with E-state index in [-0.39, 0.29) is 18.4 Å². The number of benzene rings is 1. The molecule has 0 atom stereocenters. The second-order valence-electron chi connectivity index (χ2n) is 5.40. The lowest BCUT2D eigenvalue weighted by Crippen LogP contribution is -2.38. The summed E-state index contributed by atoms with van der Waals surface area (Å²) in [6.07, 6.45) is 0.707. The average molecular weight is 349 g/mol. The van der Waals surface area contributed by atoms with Crippen LogP contribution in [0.3, 0.4) is 0 Å². The third-order valence-electron chi connectivity index (χ3n) is 3.49. The van der Waals surface area contributed by atoms with E-state index in [4.69, 9.17) is 11.6 Å². The normalized spacial score (nSPS) is 10.5. The number of carbonyl (C=O) groups excluding carboxylic acids is 2. The first-order chi connectivity index (χ1) is 11.5. The summed E-state index contributed by atoms with van der Waals surface area (Å²) in [5.74, 6) is -0.526. The standard InChI is InChI=1S/C17H21ClN4O2/c1-3-22-15(10-12(2)21-22)17(24)20-11-16(23)19-9-8-13-4-6-14(18)7-5-13/h4-7,10H,3,8-9,11H2,1-2H3,(H,19,23)(H,20,24). The first-order valence-electron chi connectivity index (χ1n) is 7.83. The summed E-state index contributed by atoms with van der Waals surface area (Å²) in [5, 5.41) is 10.3. The van der Waals surface area contributed by atoms with Gasteiger partial charge in [0, 0.05) is 18.1 Å². The van der Waals surface area contributed by atoms with Crippen molar-refractivity contribution in [1.82, 2.24) is 20.4 Å². The molecule has 1 heterocycles. The van der Waals surface area contributed by atoms with Crippen LogP contribution in [0.15, 0.2) is 30.3 Å². The molecule has 128 valence electrons. The Bertz CT molecular complexity index is 710. The van der Waals surface area contributed by atoms with E-state index in [0.29, 0.717) is 30.2 Å². The predicted molar refractivity (Wildman–Crippen MR) is 93.1 cm³/mol. The van der Waals surface area contributed by atoms with Gasteiger partial charge in [0.25, 0.3) is 5.91 Å². The van der Waals surface area contributed by atoms with Crippen molar-refractivity contribution in [2.24, 2.45) is 0 Å². The summed E-state index contributed by atoms with van der Waals surface area (Å²) in [7, 11) is 0. The molecule has 0 fully saturated rings. The summed E-state index contributed by atoms with van der Waals surface area (Å²) in [5.41, 5.74) is 2.32. The third-order valence-corrected chi connectivity index (χ3v) is 3.74. The summed E-state index contributed by atoms with van der Waals surface area (Å²) in [4.78, 5) is 23.9. The Morgan fingerprint density at radius 3 is 2.58 bits per heavy atom. The number of aromatic nitrogens is 2. The van der Waals surface area contributed by atoms with Gasteiger partial charge in [-0.1, -0.05) is 23.7 Å². The maximum absolute atomic E-state index is 12.1. The van der Waals surface area contributed by atoms with Crippen LogP contribution in [0.25, 0.3) is 0 Å². The molecule has 24 heavy (non-hydrogen) atoms. The number of amides is 2. The Hall–Kier alpha value is -2.34. The minimum Gasteiger partial charge on any atom is -0.354 e. The van der Waals surface area contributed by atoms with E-state index in [1.807, 2.05) is 38.1 Å². The van der Waals surface area contributed by atoms with Gasteiger partial charge in [-0.25, -0.2) is 0 Å². The molecule has 2 N–H and O–H groups in total. The topological polar surface area (TPSA) is 76.0 Å². The van der Waals surface area contributed by atoms with E-state index < -0.39 is 0 Å². The average Bonchev–Trinajstić information content (AvgIpc) is 2.95. The Labute approximate surface area is 146 Å². The van der Waals surface area contributed by atoms with Crippen LogP contribution in [0.1, 0.15) is 28.7 Å². The van der Waals surface area contributed by atoms with Gasteiger partial charge in [0.2, 0.25) is 5.91 Å². The Kier molecular flexibility index (Phi) is 6.37. The number of hydrogen-bond donors (Lipinski definition) is 2. The minimum atomic E-state index is -0.301. The second kappa shape index (κ2) is 8.49. The number of nitrogens with one attached hydrogen (secondary N) is 2. The zero-order valence-electron chi connectivity index (χ0n) is 13.8. The molecular formula is C17H21ClN4O2. The van der Waals surface area contributed by atoms with Gasteiger partial charge < -0.3 is 10.6 Å². The van der Waals surface area contributed by atoms with Gasteiger partial charge in [-0.3, -0.25) is 14.3 Å². The van der Waals surface area contributed by atoms with Crippen molar-refractivity contribution in [3.63, 3.8) is 0 Å². The van der Waals surface area contributed by atoms with Crippen molar-refractivity contribution >= 4 is 23.4 Å². The Balaban J connectivity index is 1.74. The van der Waals surface area contributed by atoms with Crippen LogP contribution in [-0.2, 0) is 17.8 Å². The molecule has 0 saturated heterocycles. The molecule has 1 aromatic heterocycles. The molecule has 0 radical (unpaired) electrons. The summed E-state index contributed by atoms with van der Waals surface area (Å²) in [6, 6.07) is 9.18. The van der Waals surface area contributed by atoms with Crippen molar-refractivity contribution in [3.8, 4) is 0 Å². The van der Waals surface area contributed by atoms with Gasteiger partial charge in [-0.05, 0) is 44.0 Å². The highest BCUT2D eigenvalue weighted by Crippen LogP contribution is 2.09. The van der Waals surface area contributed by atoms with Crippen molar-refractivity contribution < 1.29 is 9.59 Å². The lowest BCUT2D eigenvalue weighted by atomic mass is 10.1. The van der Waals surface area contributed by atoms with Gasteiger partial charge in [0.1, 0.15) is 5.69 Å².